The number of aromatic nitrogens is 2. The summed E-state index contributed by atoms with van der Waals surface area (Å²) in [5.74, 6) is 1.07. The van der Waals surface area contributed by atoms with Crippen LogP contribution in [0.15, 0.2) is 72.8 Å². The zero-order valence-corrected chi connectivity index (χ0v) is 16.6. The van der Waals surface area contributed by atoms with Crippen LogP contribution in [0.4, 0.5) is 16.2 Å². The minimum Gasteiger partial charge on any atom is -0.331 e. The minimum atomic E-state index is -0.249. The first-order valence-electron chi connectivity index (χ1n) is 9.72. The molecule has 4 aromatic rings. The molecule has 29 heavy (non-hydrogen) atoms. The number of hydrogen-bond donors (Lipinski definition) is 2. The second-order valence-corrected chi connectivity index (χ2v) is 7.22. The molecular weight excluding hydrogens is 360 g/mol. The van der Waals surface area contributed by atoms with E-state index in [1.54, 1.807) is 0 Å². The van der Waals surface area contributed by atoms with Crippen LogP contribution in [-0.2, 0) is 19.9 Å². The van der Waals surface area contributed by atoms with Gasteiger partial charge in [0, 0.05) is 24.8 Å². The third-order valence-electron chi connectivity index (χ3n) is 5.04. The van der Waals surface area contributed by atoms with Crippen molar-refractivity contribution in [3.8, 4) is 0 Å². The number of carbonyl (C=O) groups is 1. The quantitative estimate of drug-likeness (QED) is 0.490. The van der Waals surface area contributed by atoms with E-state index in [0.717, 1.165) is 46.6 Å². The van der Waals surface area contributed by atoms with Gasteiger partial charge in [-0.1, -0.05) is 42.0 Å². The second-order valence-electron chi connectivity index (χ2n) is 7.22. The molecule has 5 nitrogen and oxygen atoms in total. The summed E-state index contributed by atoms with van der Waals surface area (Å²) in [6, 6.07) is 23.6. The summed E-state index contributed by atoms with van der Waals surface area (Å²) in [7, 11) is 2.06. The molecule has 1 heterocycles. The zero-order valence-electron chi connectivity index (χ0n) is 16.6. The fourth-order valence-electron chi connectivity index (χ4n) is 3.36. The largest absolute Gasteiger partial charge is 0.331 e. The number of fused-ring (bicyclic) bond motifs is 1. The Morgan fingerprint density at radius 3 is 2.14 bits per heavy atom. The number of nitrogens with one attached hydrogen (secondary N) is 2. The van der Waals surface area contributed by atoms with E-state index in [4.69, 9.17) is 4.98 Å². The van der Waals surface area contributed by atoms with Crippen LogP contribution in [0.25, 0.3) is 11.0 Å². The number of urea groups is 1. The molecule has 0 saturated heterocycles. The average molecular weight is 384 g/mol. The third-order valence-corrected chi connectivity index (χ3v) is 5.04. The Kier molecular flexibility index (Phi) is 5.29. The summed E-state index contributed by atoms with van der Waals surface area (Å²) < 4.78 is 2.15. The van der Waals surface area contributed by atoms with Crippen molar-refractivity contribution in [2.75, 3.05) is 10.6 Å². The van der Waals surface area contributed by atoms with Gasteiger partial charge in [-0.15, -0.1) is 0 Å². The number of aryl methyl sites for hydroxylation is 4. The third kappa shape index (κ3) is 4.46. The lowest BCUT2D eigenvalue weighted by molar-refractivity contribution is 0.262. The Morgan fingerprint density at radius 1 is 0.862 bits per heavy atom. The van der Waals surface area contributed by atoms with Crippen LogP contribution >= 0.6 is 0 Å². The minimum absolute atomic E-state index is 0.249. The monoisotopic (exact) mass is 384 g/mol. The van der Waals surface area contributed by atoms with Crippen molar-refractivity contribution in [2.45, 2.75) is 19.8 Å². The summed E-state index contributed by atoms with van der Waals surface area (Å²) >= 11 is 0. The molecule has 0 unspecified atom stereocenters. The van der Waals surface area contributed by atoms with Gasteiger partial charge in [0.25, 0.3) is 0 Å². The summed E-state index contributed by atoms with van der Waals surface area (Å²) in [4.78, 5) is 16.9. The number of anilines is 2. The number of amides is 2. The normalized spacial score (nSPS) is 10.8. The van der Waals surface area contributed by atoms with E-state index >= 15 is 0 Å². The van der Waals surface area contributed by atoms with Gasteiger partial charge in [-0.25, -0.2) is 9.78 Å². The maximum Gasteiger partial charge on any atom is 0.323 e. The molecule has 2 amide bonds. The maximum atomic E-state index is 12.2. The smallest absolute Gasteiger partial charge is 0.323 e. The van der Waals surface area contributed by atoms with Crippen molar-refractivity contribution in [1.82, 2.24) is 9.55 Å². The van der Waals surface area contributed by atoms with E-state index < -0.39 is 0 Å². The average Bonchev–Trinajstić information content (AvgIpc) is 3.05. The molecule has 146 valence electrons. The van der Waals surface area contributed by atoms with Crippen LogP contribution in [0.2, 0.25) is 0 Å². The van der Waals surface area contributed by atoms with Crippen molar-refractivity contribution in [3.63, 3.8) is 0 Å². The Bertz CT molecular complexity index is 1130. The fourth-order valence-corrected chi connectivity index (χ4v) is 3.36. The maximum absolute atomic E-state index is 12.2. The molecule has 2 N–H and O–H groups in total. The molecule has 0 aliphatic rings. The molecule has 0 bridgehead atoms. The molecule has 0 aliphatic heterocycles. The van der Waals surface area contributed by atoms with Crippen molar-refractivity contribution in [1.29, 1.82) is 0 Å². The highest BCUT2D eigenvalue weighted by Crippen LogP contribution is 2.17. The lowest BCUT2D eigenvalue weighted by Crippen LogP contribution is -2.19. The first-order valence-corrected chi connectivity index (χ1v) is 9.72. The zero-order chi connectivity index (χ0) is 20.2. The van der Waals surface area contributed by atoms with Gasteiger partial charge >= 0.3 is 6.03 Å². The molecule has 0 fully saturated rings. The molecule has 0 spiro atoms. The lowest BCUT2D eigenvalue weighted by Gasteiger charge is -2.09. The van der Waals surface area contributed by atoms with Crippen molar-refractivity contribution < 1.29 is 4.79 Å². The summed E-state index contributed by atoms with van der Waals surface area (Å²) in [6.07, 6.45) is 1.76. The molecule has 0 aliphatic carbocycles. The van der Waals surface area contributed by atoms with E-state index in [-0.39, 0.29) is 6.03 Å². The molecule has 0 atom stereocenters. The van der Waals surface area contributed by atoms with Crippen LogP contribution in [0.5, 0.6) is 0 Å². The number of carbonyl (C=O) groups excluding carboxylic acids is 1. The molecule has 5 heteroatoms. The number of hydrogen-bond acceptors (Lipinski definition) is 2. The van der Waals surface area contributed by atoms with Gasteiger partial charge < -0.3 is 15.2 Å². The fraction of sp³-hybridized carbons (Fsp3) is 0.167. The highest BCUT2D eigenvalue weighted by Gasteiger charge is 2.08. The van der Waals surface area contributed by atoms with E-state index in [1.807, 2.05) is 73.7 Å². The van der Waals surface area contributed by atoms with Gasteiger partial charge in [0.05, 0.1) is 11.0 Å². The SMILES string of the molecule is Cc1ccc(NC(=O)Nc2ccc(CCc3nc4ccccc4n3C)cc2)cc1. The van der Waals surface area contributed by atoms with Crippen molar-refractivity contribution in [3.05, 3.63) is 89.7 Å². The van der Waals surface area contributed by atoms with Crippen LogP contribution in [0, 0.1) is 6.92 Å². The van der Waals surface area contributed by atoms with Crippen LogP contribution in [0.3, 0.4) is 0 Å². The highest BCUT2D eigenvalue weighted by atomic mass is 16.2. The predicted octanol–water partition coefficient (Wildman–Crippen LogP) is 5.31. The summed E-state index contributed by atoms with van der Waals surface area (Å²) in [5, 5.41) is 5.70. The Morgan fingerprint density at radius 2 is 1.48 bits per heavy atom. The van der Waals surface area contributed by atoms with Crippen LogP contribution in [-0.4, -0.2) is 15.6 Å². The second kappa shape index (κ2) is 8.19. The number of benzene rings is 3. The molecule has 3 aromatic carbocycles. The van der Waals surface area contributed by atoms with Gasteiger partial charge in [-0.05, 0) is 55.3 Å². The molecule has 4 rings (SSSR count). The highest BCUT2D eigenvalue weighted by molar-refractivity contribution is 5.99. The van der Waals surface area contributed by atoms with E-state index in [9.17, 15) is 4.79 Å². The number of nitrogens with zero attached hydrogens (tertiary/aromatic N) is 2. The van der Waals surface area contributed by atoms with E-state index in [2.05, 4.69) is 28.3 Å². The Balaban J connectivity index is 1.34. The molecule has 0 radical (unpaired) electrons. The molecule has 1 aromatic heterocycles. The first kappa shape index (κ1) is 18.7. The first-order chi connectivity index (χ1) is 14.1. The van der Waals surface area contributed by atoms with Crippen molar-refractivity contribution >= 4 is 28.4 Å². The van der Waals surface area contributed by atoms with Gasteiger partial charge in [0.1, 0.15) is 5.82 Å². The standard InChI is InChI=1S/C24H24N4O/c1-17-7-12-19(13-8-17)25-24(29)26-20-14-9-18(10-15-20)11-16-23-27-21-5-3-4-6-22(21)28(23)2/h3-10,12-15H,11,16H2,1-2H3,(H2,25,26,29). The number of rotatable bonds is 5. The van der Waals surface area contributed by atoms with Gasteiger partial charge in [-0.2, -0.15) is 0 Å². The Labute approximate surface area is 170 Å². The predicted molar refractivity (Wildman–Crippen MR) is 118 cm³/mol. The van der Waals surface area contributed by atoms with E-state index in [1.165, 1.54) is 5.56 Å². The van der Waals surface area contributed by atoms with Gasteiger partial charge in [-0.3, -0.25) is 0 Å². The molecule has 0 saturated carbocycles. The number of para-hydroxylation sites is 2. The summed E-state index contributed by atoms with van der Waals surface area (Å²) in [6.45, 7) is 2.02. The summed E-state index contributed by atoms with van der Waals surface area (Å²) in [5.41, 5.74) is 6.09. The van der Waals surface area contributed by atoms with Crippen LogP contribution in [0.1, 0.15) is 17.0 Å². The van der Waals surface area contributed by atoms with E-state index in [0.29, 0.717) is 0 Å². The van der Waals surface area contributed by atoms with Gasteiger partial charge in [0.15, 0.2) is 0 Å². The van der Waals surface area contributed by atoms with Gasteiger partial charge in [0.2, 0.25) is 0 Å². The topological polar surface area (TPSA) is 59.0 Å². The van der Waals surface area contributed by atoms with Crippen molar-refractivity contribution in [2.24, 2.45) is 7.05 Å². The van der Waals surface area contributed by atoms with Crippen LogP contribution < -0.4 is 10.6 Å². The number of imidazole rings is 1. The lowest BCUT2D eigenvalue weighted by atomic mass is 10.1. The Hall–Kier alpha value is -3.60. The molecular formula is C24H24N4O.